The fourth-order valence-corrected chi connectivity index (χ4v) is 1.14. The Hall–Kier alpha value is -0.570. The van der Waals surface area contributed by atoms with E-state index in [1.54, 1.807) is 5.48 Å². The Morgan fingerprint density at radius 2 is 2.09 bits per heavy atom. The van der Waals surface area contributed by atoms with Gasteiger partial charge in [0.1, 0.15) is 0 Å². The third-order valence-electron chi connectivity index (χ3n) is 2.23. The van der Waals surface area contributed by atoms with Gasteiger partial charge in [-0.1, -0.05) is 27.2 Å². The van der Waals surface area contributed by atoms with Crippen LogP contribution in [0.5, 0.6) is 0 Å². The molecule has 0 aliphatic heterocycles. The standard InChI is InChI=1S/C8H17NO2/c1-4-6-8(3,5-2)7(10)9-11/h11H,4-6H2,1-3H3,(H,9,10). The Balaban J connectivity index is 4.19. The van der Waals surface area contributed by atoms with Gasteiger partial charge in [-0.15, -0.1) is 0 Å². The quantitative estimate of drug-likeness (QED) is 0.484. The number of hydroxylamine groups is 1. The van der Waals surface area contributed by atoms with Crippen LogP contribution >= 0.6 is 0 Å². The lowest BCUT2D eigenvalue weighted by Gasteiger charge is -2.24. The molecule has 0 rings (SSSR count). The summed E-state index contributed by atoms with van der Waals surface area (Å²) in [5.74, 6) is -0.276. The fraction of sp³-hybridized carbons (Fsp3) is 0.875. The van der Waals surface area contributed by atoms with E-state index in [1.807, 2.05) is 20.8 Å². The zero-order valence-electron chi connectivity index (χ0n) is 7.48. The third-order valence-corrected chi connectivity index (χ3v) is 2.23. The van der Waals surface area contributed by atoms with Crippen molar-refractivity contribution in [3.8, 4) is 0 Å². The predicted molar refractivity (Wildman–Crippen MR) is 43.2 cm³/mol. The van der Waals surface area contributed by atoms with E-state index < -0.39 is 5.41 Å². The molecule has 0 aromatic rings. The Labute approximate surface area is 67.8 Å². The van der Waals surface area contributed by atoms with Crippen molar-refractivity contribution in [3.63, 3.8) is 0 Å². The van der Waals surface area contributed by atoms with Crippen molar-refractivity contribution in [1.29, 1.82) is 0 Å². The predicted octanol–water partition coefficient (Wildman–Crippen LogP) is 1.71. The van der Waals surface area contributed by atoms with E-state index in [1.165, 1.54) is 0 Å². The SMILES string of the molecule is CCCC(C)(CC)C(=O)NO. The summed E-state index contributed by atoms with van der Waals surface area (Å²) in [5.41, 5.74) is 1.30. The summed E-state index contributed by atoms with van der Waals surface area (Å²) in [5, 5.41) is 8.43. The minimum absolute atomic E-state index is 0.276. The second-order valence-electron chi connectivity index (χ2n) is 3.11. The maximum absolute atomic E-state index is 11.1. The highest BCUT2D eigenvalue weighted by molar-refractivity contribution is 5.80. The van der Waals surface area contributed by atoms with Crippen molar-refractivity contribution in [3.05, 3.63) is 0 Å². The molecule has 3 heteroatoms. The van der Waals surface area contributed by atoms with E-state index in [0.29, 0.717) is 0 Å². The minimum Gasteiger partial charge on any atom is -0.289 e. The largest absolute Gasteiger partial charge is 0.289 e. The average molecular weight is 159 g/mol. The van der Waals surface area contributed by atoms with Crippen LogP contribution < -0.4 is 5.48 Å². The molecule has 0 fully saturated rings. The first kappa shape index (κ1) is 10.4. The van der Waals surface area contributed by atoms with Gasteiger partial charge in [0.05, 0.1) is 0 Å². The molecule has 2 N–H and O–H groups in total. The molecule has 0 aliphatic carbocycles. The summed E-state index contributed by atoms with van der Waals surface area (Å²) in [6.07, 6.45) is 2.53. The van der Waals surface area contributed by atoms with Crippen LogP contribution in [-0.4, -0.2) is 11.1 Å². The minimum atomic E-state index is -0.399. The van der Waals surface area contributed by atoms with Crippen LogP contribution in [0.25, 0.3) is 0 Å². The molecule has 0 aromatic carbocycles. The zero-order chi connectivity index (χ0) is 8.91. The lowest BCUT2D eigenvalue weighted by atomic mass is 9.82. The maximum atomic E-state index is 11.1. The number of rotatable bonds is 4. The highest BCUT2D eigenvalue weighted by Crippen LogP contribution is 2.26. The molecule has 66 valence electrons. The number of carbonyl (C=O) groups excluding carboxylic acids is 1. The van der Waals surface area contributed by atoms with Crippen LogP contribution in [-0.2, 0) is 4.79 Å². The molecular formula is C8H17NO2. The van der Waals surface area contributed by atoms with E-state index in [2.05, 4.69) is 0 Å². The molecule has 0 heterocycles. The second kappa shape index (κ2) is 4.34. The van der Waals surface area contributed by atoms with Gasteiger partial charge in [-0.05, 0) is 12.8 Å². The van der Waals surface area contributed by atoms with Crippen molar-refractivity contribution in [1.82, 2.24) is 5.48 Å². The number of nitrogens with one attached hydrogen (secondary N) is 1. The van der Waals surface area contributed by atoms with Crippen molar-refractivity contribution in [2.24, 2.45) is 5.41 Å². The molecule has 0 radical (unpaired) electrons. The van der Waals surface area contributed by atoms with Crippen molar-refractivity contribution < 1.29 is 10.0 Å². The van der Waals surface area contributed by atoms with Crippen LogP contribution in [0.4, 0.5) is 0 Å². The van der Waals surface area contributed by atoms with Crippen molar-refractivity contribution in [2.45, 2.75) is 40.0 Å². The lowest BCUT2D eigenvalue weighted by Crippen LogP contribution is -2.36. The molecule has 1 atom stereocenters. The molecule has 0 spiro atoms. The molecule has 0 bridgehead atoms. The fourth-order valence-electron chi connectivity index (χ4n) is 1.14. The van der Waals surface area contributed by atoms with Crippen LogP contribution in [0.2, 0.25) is 0 Å². The van der Waals surface area contributed by atoms with Crippen LogP contribution in [0.3, 0.4) is 0 Å². The average Bonchev–Trinajstić information content (AvgIpc) is 2.03. The van der Waals surface area contributed by atoms with Gasteiger partial charge in [0.2, 0.25) is 5.91 Å². The molecule has 1 unspecified atom stereocenters. The summed E-state index contributed by atoms with van der Waals surface area (Å²) in [4.78, 5) is 11.1. The summed E-state index contributed by atoms with van der Waals surface area (Å²) in [6.45, 7) is 5.84. The number of carbonyl (C=O) groups is 1. The lowest BCUT2D eigenvalue weighted by molar-refractivity contribution is -0.139. The summed E-state index contributed by atoms with van der Waals surface area (Å²) < 4.78 is 0. The second-order valence-corrected chi connectivity index (χ2v) is 3.11. The van der Waals surface area contributed by atoms with E-state index in [9.17, 15) is 4.79 Å². The van der Waals surface area contributed by atoms with Gasteiger partial charge < -0.3 is 0 Å². The Morgan fingerprint density at radius 1 is 1.55 bits per heavy atom. The van der Waals surface area contributed by atoms with Gasteiger partial charge >= 0.3 is 0 Å². The highest BCUT2D eigenvalue weighted by atomic mass is 16.5. The van der Waals surface area contributed by atoms with Gasteiger partial charge in [-0.2, -0.15) is 0 Å². The Bertz CT molecular complexity index is 136. The monoisotopic (exact) mass is 159 g/mol. The molecule has 0 aliphatic rings. The van der Waals surface area contributed by atoms with Gasteiger partial charge in [0.25, 0.3) is 0 Å². The number of hydrogen-bond donors (Lipinski definition) is 2. The molecule has 0 saturated carbocycles. The van der Waals surface area contributed by atoms with E-state index in [-0.39, 0.29) is 5.91 Å². The molecular weight excluding hydrogens is 142 g/mol. The molecule has 0 aromatic heterocycles. The Morgan fingerprint density at radius 3 is 2.36 bits per heavy atom. The first-order valence-corrected chi connectivity index (χ1v) is 4.05. The molecule has 11 heavy (non-hydrogen) atoms. The van der Waals surface area contributed by atoms with E-state index in [4.69, 9.17) is 5.21 Å². The van der Waals surface area contributed by atoms with Crippen LogP contribution in [0.1, 0.15) is 40.0 Å². The first-order valence-electron chi connectivity index (χ1n) is 4.05. The number of amides is 1. The first-order chi connectivity index (χ1) is 5.10. The van der Waals surface area contributed by atoms with Crippen molar-refractivity contribution >= 4 is 5.91 Å². The highest BCUT2D eigenvalue weighted by Gasteiger charge is 2.29. The van der Waals surface area contributed by atoms with Crippen LogP contribution in [0.15, 0.2) is 0 Å². The molecule has 3 nitrogen and oxygen atoms in total. The van der Waals surface area contributed by atoms with E-state index in [0.717, 1.165) is 19.3 Å². The van der Waals surface area contributed by atoms with Gasteiger partial charge in [0.15, 0.2) is 0 Å². The van der Waals surface area contributed by atoms with Gasteiger partial charge in [-0.25, -0.2) is 5.48 Å². The summed E-state index contributed by atoms with van der Waals surface area (Å²) >= 11 is 0. The smallest absolute Gasteiger partial charge is 0.249 e. The van der Waals surface area contributed by atoms with Gasteiger partial charge in [0, 0.05) is 5.41 Å². The zero-order valence-corrected chi connectivity index (χ0v) is 7.48. The number of hydrogen-bond acceptors (Lipinski definition) is 2. The van der Waals surface area contributed by atoms with Gasteiger partial charge in [-0.3, -0.25) is 10.0 Å². The maximum Gasteiger partial charge on any atom is 0.249 e. The Kier molecular flexibility index (Phi) is 4.11. The normalized spacial score (nSPS) is 15.6. The summed E-state index contributed by atoms with van der Waals surface area (Å²) in [7, 11) is 0. The van der Waals surface area contributed by atoms with Crippen LogP contribution in [0, 0.1) is 5.41 Å². The molecule has 0 saturated heterocycles. The third kappa shape index (κ3) is 2.50. The summed E-state index contributed by atoms with van der Waals surface area (Å²) in [6, 6.07) is 0. The topological polar surface area (TPSA) is 49.3 Å². The van der Waals surface area contributed by atoms with Crippen molar-refractivity contribution in [2.75, 3.05) is 0 Å². The van der Waals surface area contributed by atoms with E-state index >= 15 is 0 Å². The molecule has 1 amide bonds.